The second-order valence-electron chi connectivity index (χ2n) is 7.16. The molecule has 1 atom stereocenters. The molecule has 1 fully saturated rings. The van der Waals surface area contributed by atoms with Crippen LogP contribution in [0.25, 0.3) is 0 Å². The Bertz CT molecular complexity index is 780. The van der Waals surface area contributed by atoms with Gasteiger partial charge in [0, 0.05) is 24.3 Å². The van der Waals surface area contributed by atoms with Crippen LogP contribution in [-0.2, 0) is 0 Å². The third kappa shape index (κ3) is 5.30. The zero-order valence-electron chi connectivity index (χ0n) is 16.0. The highest BCUT2D eigenvalue weighted by molar-refractivity contribution is 7.80. The van der Waals surface area contributed by atoms with Crippen molar-refractivity contribution in [2.45, 2.75) is 39.2 Å². The zero-order valence-corrected chi connectivity index (χ0v) is 16.8. The average molecular weight is 382 g/mol. The zero-order chi connectivity index (χ0) is 19.2. The first-order chi connectivity index (χ1) is 13.0. The molecule has 1 aliphatic rings. The summed E-state index contributed by atoms with van der Waals surface area (Å²) in [4.78, 5) is 14.5. The number of carbonyl (C=O) groups excluding carboxylic acids is 1. The summed E-state index contributed by atoms with van der Waals surface area (Å²) in [5.41, 5.74) is 4.03. The lowest BCUT2D eigenvalue weighted by Gasteiger charge is -2.26. The Morgan fingerprint density at radius 1 is 1.00 bits per heavy atom. The van der Waals surface area contributed by atoms with E-state index in [1.165, 1.54) is 17.5 Å². The molecule has 1 aliphatic heterocycles. The molecule has 27 heavy (non-hydrogen) atoms. The molecule has 0 saturated carbocycles. The van der Waals surface area contributed by atoms with Gasteiger partial charge in [0.25, 0.3) is 5.91 Å². The third-order valence-electron chi connectivity index (χ3n) is 4.96. The lowest BCUT2D eigenvalue weighted by molar-refractivity contribution is 0.0724. The number of piperidine rings is 1. The number of anilines is 1. The molecule has 0 aromatic heterocycles. The van der Waals surface area contributed by atoms with Gasteiger partial charge in [0.15, 0.2) is 5.11 Å². The van der Waals surface area contributed by atoms with Crippen LogP contribution in [0.15, 0.2) is 48.5 Å². The van der Waals surface area contributed by atoms with Gasteiger partial charge in [-0.3, -0.25) is 4.79 Å². The highest BCUT2D eigenvalue weighted by Gasteiger charge is 2.18. The maximum atomic E-state index is 12.5. The van der Waals surface area contributed by atoms with E-state index >= 15 is 0 Å². The molecule has 1 heterocycles. The number of hydrogen-bond donors (Lipinski definition) is 2. The number of carbonyl (C=O) groups is 1. The fraction of sp³-hybridized carbons (Fsp3) is 0.364. The summed E-state index contributed by atoms with van der Waals surface area (Å²) in [6.07, 6.45) is 3.42. The van der Waals surface area contributed by atoms with Crippen molar-refractivity contribution in [3.63, 3.8) is 0 Å². The highest BCUT2D eigenvalue weighted by atomic mass is 32.1. The summed E-state index contributed by atoms with van der Waals surface area (Å²) in [5.74, 6) is 0.120. The summed E-state index contributed by atoms with van der Waals surface area (Å²) in [5, 5.41) is 7.06. The van der Waals surface area contributed by atoms with Crippen molar-refractivity contribution in [2.24, 2.45) is 0 Å². The molecular formula is C22H27N3OS. The standard InChI is InChI=1S/C22H27N3OS/c1-16-6-8-18(9-7-16)17(2)23-22(27)24-20-12-10-19(11-13-20)21(26)25-14-4-3-5-15-25/h6-13,17H,3-5,14-15H2,1-2H3,(H2,23,24,27). The first kappa shape index (κ1) is 19.4. The molecule has 1 saturated heterocycles. The van der Waals surface area contributed by atoms with E-state index < -0.39 is 0 Å². The number of amides is 1. The third-order valence-corrected chi connectivity index (χ3v) is 5.18. The van der Waals surface area contributed by atoms with Crippen molar-refractivity contribution in [3.05, 3.63) is 65.2 Å². The summed E-state index contributed by atoms with van der Waals surface area (Å²) < 4.78 is 0. The van der Waals surface area contributed by atoms with E-state index in [4.69, 9.17) is 12.2 Å². The Balaban J connectivity index is 1.55. The minimum Gasteiger partial charge on any atom is -0.356 e. The van der Waals surface area contributed by atoms with Crippen LogP contribution in [0.3, 0.4) is 0 Å². The van der Waals surface area contributed by atoms with Crippen LogP contribution in [-0.4, -0.2) is 29.0 Å². The van der Waals surface area contributed by atoms with E-state index in [9.17, 15) is 4.79 Å². The predicted octanol–water partition coefficient (Wildman–Crippen LogP) is 4.67. The van der Waals surface area contributed by atoms with E-state index in [0.717, 1.165) is 37.2 Å². The van der Waals surface area contributed by atoms with E-state index in [-0.39, 0.29) is 11.9 Å². The lowest BCUT2D eigenvalue weighted by Crippen LogP contribution is -2.35. The van der Waals surface area contributed by atoms with Gasteiger partial charge in [-0.2, -0.15) is 0 Å². The number of nitrogens with one attached hydrogen (secondary N) is 2. The first-order valence-electron chi connectivity index (χ1n) is 9.56. The van der Waals surface area contributed by atoms with Crippen LogP contribution in [0.2, 0.25) is 0 Å². The molecular weight excluding hydrogens is 354 g/mol. The molecule has 2 aromatic carbocycles. The molecule has 1 amide bonds. The Morgan fingerprint density at radius 3 is 2.26 bits per heavy atom. The van der Waals surface area contributed by atoms with Crippen LogP contribution >= 0.6 is 12.2 Å². The SMILES string of the molecule is Cc1ccc(C(C)NC(=S)Nc2ccc(C(=O)N3CCCCC3)cc2)cc1. The molecule has 1 unspecified atom stereocenters. The van der Waals surface area contributed by atoms with Gasteiger partial charge in [-0.05, 0) is 75.2 Å². The van der Waals surface area contributed by atoms with Crippen molar-refractivity contribution in [1.29, 1.82) is 0 Å². The lowest BCUT2D eigenvalue weighted by atomic mass is 10.1. The Hall–Kier alpha value is -2.40. The van der Waals surface area contributed by atoms with Gasteiger partial charge in [-0.15, -0.1) is 0 Å². The summed E-state index contributed by atoms with van der Waals surface area (Å²) in [6.45, 7) is 5.89. The van der Waals surface area contributed by atoms with Crippen molar-refractivity contribution >= 4 is 28.9 Å². The Kier molecular flexibility index (Phi) is 6.45. The largest absolute Gasteiger partial charge is 0.356 e. The van der Waals surface area contributed by atoms with E-state index in [0.29, 0.717) is 5.11 Å². The number of thiocarbonyl (C=S) groups is 1. The van der Waals surface area contributed by atoms with Gasteiger partial charge in [0.2, 0.25) is 0 Å². The minimum absolute atomic E-state index is 0.116. The van der Waals surface area contributed by atoms with Gasteiger partial charge in [-0.1, -0.05) is 29.8 Å². The molecule has 0 spiro atoms. The second kappa shape index (κ2) is 9.00. The molecule has 3 rings (SSSR count). The smallest absolute Gasteiger partial charge is 0.253 e. The Morgan fingerprint density at radius 2 is 1.63 bits per heavy atom. The van der Waals surface area contributed by atoms with E-state index in [1.807, 2.05) is 29.2 Å². The summed E-state index contributed by atoms with van der Waals surface area (Å²) in [6, 6.07) is 16.1. The van der Waals surface area contributed by atoms with Gasteiger partial charge >= 0.3 is 0 Å². The second-order valence-corrected chi connectivity index (χ2v) is 7.57. The summed E-state index contributed by atoms with van der Waals surface area (Å²) in [7, 11) is 0. The molecule has 4 nitrogen and oxygen atoms in total. The fourth-order valence-electron chi connectivity index (χ4n) is 3.28. The molecule has 0 radical (unpaired) electrons. The molecule has 0 aliphatic carbocycles. The Labute approximate surface area is 167 Å². The number of hydrogen-bond acceptors (Lipinski definition) is 2. The van der Waals surface area contributed by atoms with Crippen molar-refractivity contribution in [2.75, 3.05) is 18.4 Å². The number of rotatable bonds is 4. The van der Waals surface area contributed by atoms with E-state index in [1.54, 1.807) is 0 Å². The van der Waals surface area contributed by atoms with Crippen LogP contribution < -0.4 is 10.6 Å². The van der Waals surface area contributed by atoms with Crippen molar-refractivity contribution in [3.8, 4) is 0 Å². The molecule has 2 N–H and O–H groups in total. The van der Waals surface area contributed by atoms with Crippen LogP contribution in [0.4, 0.5) is 5.69 Å². The van der Waals surface area contributed by atoms with Crippen LogP contribution in [0.5, 0.6) is 0 Å². The fourth-order valence-corrected chi connectivity index (χ4v) is 3.57. The van der Waals surface area contributed by atoms with E-state index in [2.05, 4.69) is 48.7 Å². The number of nitrogens with zero attached hydrogens (tertiary/aromatic N) is 1. The normalized spacial score (nSPS) is 15.1. The molecule has 0 bridgehead atoms. The molecule has 5 heteroatoms. The average Bonchev–Trinajstić information content (AvgIpc) is 2.69. The van der Waals surface area contributed by atoms with Gasteiger partial charge in [0.05, 0.1) is 6.04 Å². The van der Waals surface area contributed by atoms with Crippen LogP contribution in [0.1, 0.15) is 53.7 Å². The molecule has 142 valence electrons. The first-order valence-corrected chi connectivity index (χ1v) is 9.97. The van der Waals surface area contributed by atoms with Gasteiger partial charge in [-0.25, -0.2) is 0 Å². The maximum absolute atomic E-state index is 12.5. The number of benzene rings is 2. The topological polar surface area (TPSA) is 44.4 Å². The quantitative estimate of drug-likeness (QED) is 0.756. The van der Waals surface area contributed by atoms with Gasteiger partial charge in [0.1, 0.15) is 0 Å². The van der Waals surface area contributed by atoms with Gasteiger partial charge < -0.3 is 15.5 Å². The minimum atomic E-state index is 0.116. The number of aryl methyl sites for hydroxylation is 1. The number of likely N-dealkylation sites (tertiary alicyclic amines) is 1. The van der Waals surface area contributed by atoms with Crippen LogP contribution in [0, 0.1) is 6.92 Å². The molecule has 2 aromatic rings. The maximum Gasteiger partial charge on any atom is 0.253 e. The van der Waals surface area contributed by atoms with Crippen molar-refractivity contribution < 1.29 is 4.79 Å². The van der Waals surface area contributed by atoms with Crippen molar-refractivity contribution in [1.82, 2.24) is 10.2 Å². The monoisotopic (exact) mass is 381 g/mol. The summed E-state index contributed by atoms with van der Waals surface area (Å²) >= 11 is 5.43. The highest BCUT2D eigenvalue weighted by Crippen LogP contribution is 2.17. The predicted molar refractivity (Wildman–Crippen MR) is 115 cm³/mol.